The van der Waals surface area contributed by atoms with Crippen molar-refractivity contribution in [3.8, 4) is 0 Å². The van der Waals surface area contributed by atoms with E-state index in [0.717, 1.165) is 6.42 Å². The highest BCUT2D eigenvalue weighted by atomic mass is 79.9. The minimum Gasteiger partial charge on any atom is -0.391 e. The molecule has 1 atom stereocenters. The molecule has 2 N–H and O–H groups in total. The maximum Gasteiger partial charge on any atom is 0.242 e. The monoisotopic (exact) mass is 355 g/mol. The van der Waals surface area contributed by atoms with Gasteiger partial charge in [-0.1, -0.05) is 20.8 Å². The van der Waals surface area contributed by atoms with Crippen molar-refractivity contribution in [1.29, 1.82) is 0 Å². The predicted molar refractivity (Wildman–Crippen MR) is 77.2 cm³/mol. The Bertz CT molecular complexity index is 496. The van der Waals surface area contributed by atoms with Crippen LogP contribution < -0.4 is 4.72 Å². The number of aliphatic hydroxyl groups excluding tert-OH is 1. The Morgan fingerprint density at radius 2 is 2.11 bits per heavy atom. The van der Waals surface area contributed by atoms with Gasteiger partial charge in [-0.2, -0.15) is 0 Å². The summed E-state index contributed by atoms with van der Waals surface area (Å²) in [7, 11) is -3.53. The van der Waals surface area contributed by atoms with Crippen molar-refractivity contribution in [2.45, 2.75) is 44.7 Å². The van der Waals surface area contributed by atoms with Gasteiger partial charge in [0.25, 0.3) is 0 Å². The molecule has 0 aliphatic carbocycles. The molecule has 0 saturated heterocycles. The second-order valence-electron chi connectivity index (χ2n) is 4.39. The van der Waals surface area contributed by atoms with Crippen LogP contribution in [0.5, 0.6) is 0 Å². The molecular formula is C11H18BrNO3S2. The van der Waals surface area contributed by atoms with Gasteiger partial charge in [0.05, 0.1) is 10.4 Å². The van der Waals surface area contributed by atoms with Crippen molar-refractivity contribution in [2.24, 2.45) is 5.92 Å². The molecule has 1 aromatic rings. The van der Waals surface area contributed by atoms with Gasteiger partial charge in [-0.25, -0.2) is 13.1 Å². The Kier molecular flexibility index (Phi) is 5.79. The summed E-state index contributed by atoms with van der Waals surface area (Å²) in [6, 6.07) is 1.42. The molecule has 0 bridgehead atoms. The lowest BCUT2D eigenvalue weighted by atomic mass is 10.0. The predicted octanol–water partition coefficient (Wildman–Crippen LogP) is 2.72. The first-order chi connectivity index (χ1) is 8.31. The highest BCUT2D eigenvalue weighted by Gasteiger charge is 2.25. The second kappa shape index (κ2) is 6.47. The van der Waals surface area contributed by atoms with Gasteiger partial charge in [-0.3, -0.25) is 0 Å². The number of sulfonamides is 1. The van der Waals surface area contributed by atoms with Gasteiger partial charge < -0.3 is 5.11 Å². The minimum atomic E-state index is -3.53. The lowest BCUT2D eigenvalue weighted by Crippen LogP contribution is -2.37. The van der Waals surface area contributed by atoms with E-state index in [2.05, 4.69) is 20.7 Å². The number of halogens is 1. The average molecular weight is 356 g/mol. The van der Waals surface area contributed by atoms with E-state index in [4.69, 9.17) is 5.11 Å². The molecule has 0 aromatic carbocycles. The highest BCUT2D eigenvalue weighted by Crippen LogP contribution is 2.32. The summed E-state index contributed by atoms with van der Waals surface area (Å²) < 4.78 is 27.7. The van der Waals surface area contributed by atoms with Crippen molar-refractivity contribution < 1.29 is 13.5 Å². The van der Waals surface area contributed by atoms with Crippen molar-refractivity contribution in [2.75, 3.05) is 0 Å². The average Bonchev–Trinajstić information content (AvgIpc) is 2.68. The third-order valence-electron chi connectivity index (χ3n) is 2.70. The lowest BCUT2D eigenvalue weighted by molar-refractivity contribution is 0.285. The van der Waals surface area contributed by atoms with E-state index >= 15 is 0 Å². The molecule has 0 saturated carbocycles. The van der Waals surface area contributed by atoms with E-state index in [0.29, 0.717) is 8.66 Å². The molecule has 7 heteroatoms. The van der Waals surface area contributed by atoms with Crippen LogP contribution in [-0.2, 0) is 16.6 Å². The second-order valence-corrected chi connectivity index (χ2v) is 8.53. The van der Waals surface area contributed by atoms with Gasteiger partial charge in [0.2, 0.25) is 10.0 Å². The van der Waals surface area contributed by atoms with Crippen LogP contribution in [0.15, 0.2) is 14.7 Å². The fraction of sp³-hybridized carbons (Fsp3) is 0.636. The van der Waals surface area contributed by atoms with Crippen molar-refractivity contribution in [3.63, 3.8) is 0 Å². The summed E-state index contributed by atoms with van der Waals surface area (Å²) in [5, 5.41) is 9.03. The van der Waals surface area contributed by atoms with Crippen molar-refractivity contribution >= 4 is 37.3 Å². The normalized spacial score (nSPS) is 14.1. The molecular weight excluding hydrogens is 338 g/mol. The molecule has 18 heavy (non-hydrogen) atoms. The zero-order valence-corrected chi connectivity index (χ0v) is 13.8. The molecule has 0 radical (unpaired) electrons. The Labute approximate surface area is 121 Å². The fourth-order valence-corrected chi connectivity index (χ4v) is 5.62. The summed E-state index contributed by atoms with van der Waals surface area (Å²) in [6.45, 7) is 5.77. The smallest absolute Gasteiger partial charge is 0.242 e. The van der Waals surface area contributed by atoms with E-state index in [9.17, 15) is 8.42 Å². The lowest BCUT2D eigenvalue weighted by Gasteiger charge is -2.20. The van der Waals surface area contributed by atoms with Crippen LogP contribution >= 0.6 is 27.3 Å². The number of rotatable bonds is 6. The quantitative estimate of drug-likeness (QED) is 0.824. The van der Waals surface area contributed by atoms with E-state index in [1.165, 1.54) is 17.4 Å². The summed E-state index contributed by atoms with van der Waals surface area (Å²) >= 11 is 4.46. The van der Waals surface area contributed by atoms with Crippen LogP contribution in [0, 0.1) is 5.92 Å². The van der Waals surface area contributed by atoms with Crippen molar-refractivity contribution in [1.82, 2.24) is 4.72 Å². The summed E-state index contributed by atoms with van der Waals surface area (Å²) in [4.78, 5) is 0.829. The number of nitrogens with one attached hydrogen (secondary N) is 1. The largest absolute Gasteiger partial charge is 0.391 e. The van der Waals surface area contributed by atoms with Crippen LogP contribution in [0.2, 0.25) is 0 Å². The van der Waals surface area contributed by atoms with Gasteiger partial charge in [0.15, 0.2) is 0 Å². The Balaban J connectivity index is 3.02. The maximum absolute atomic E-state index is 12.2. The third-order valence-corrected chi connectivity index (χ3v) is 6.43. The van der Waals surface area contributed by atoms with Gasteiger partial charge in [0, 0.05) is 10.9 Å². The van der Waals surface area contributed by atoms with E-state index in [1.807, 2.05) is 20.8 Å². The first-order valence-electron chi connectivity index (χ1n) is 5.73. The van der Waals surface area contributed by atoms with Gasteiger partial charge in [-0.15, -0.1) is 11.3 Å². The third kappa shape index (κ3) is 3.77. The molecule has 1 rings (SSSR count). The van der Waals surface area contributed by atoms with Gasteiger partial charge in [0.1, 0.15) is 4.90 Å². The topological polar surface area (TPSA) is 66.4 Å². The van der Waals surface area contributed by atoms with Gasteiger partial charge >= 0.3 is 0 Å². The molecule has 0 amide bonds. The molecule has 0 aliphatic heterocycles. The molecule has 0 aliphatic rings. The highest BCUT2D eigenvalue weighted by molar-refractivity contribution is 9.11. The molecule has 1 unspecified atom stereocenters. The number of thiophene rings is 1. The first kappa shape index (κ1) is 16.1. The number of aliphatic hydroxyl groups is 1. The van der Waals surface area contributed by atoms with Crippen LogP contribution in [0.1, 0.15) is 32.1 Å². The molecule has 104 valence electrons. The molecule has 0 fully saturated rings. The van der Waals surface area contributed by atoms with Crippen LogP contribution in [-0.4, -0.2) is 19.6 Å². The first-order valence-corrected chi connectivity index (χ1v) is 8.82. The summed E-state index contributed by atoms with van der Waals surface area (Å²) in [6.07, 6.45) is 0.742. The summed E-state index contributed by atoms with van der Waals surface area (Å²) in [5.74, 6) is 0.236. The van der Waals surface area contributed by atoms with Crippen LogP contribution in [0.25, 0.3) is 0 Å². The van der Waals surface area contributed by atoms with E-state index < -0.39 is 10.0 Å². The number of hydrogen-bond acceptors (Lipinski definition) is 4. The summed E-state index contributed by atoms with van der Waals surface area (Å²) in [5.41, 5.74) is 0. The Hall–Kier alpha value is 0.0500. The number of hydrogen-bond donors (Lipinski definition) is 2. The molecule has 0 spiro atoms. The zero-order chi connectivity index (χ0) is 13.9. The Morgan fingerprint density at radius 1 is 1.50 bits per heavy atom. The van der Waals surface area contributed by atoms with E-state index in [-0.39, 0.29) is 23.5 Å². The molecule has 1 heterocycles. The zero-order valence-electron chi connectivity index (χ0n) is 10.6. The molecule has 1 aromatic heterocycles. The SMILES string of the molecule is CCC(NS(=O)(=O)c1cc(CO)sc1Br)C(C)C. The van der Waals surface area contributed by atoms with Crippen LogP contribution in [0.3, 0.4) is 0 Å². The standard InChI is InChI=1S/C11H18BrNO3S2/c1-4-9(7(2)3)13-18(15,16)10-5-8(6-14)17-11(10)12/h5,7,9,13-14H,4,6H2,1-3H3. The Morgan fingerprint density at radius 3 is 2.50 bits per heavy atom. The van der Waals surface area contributed by atoms with Crippen molar-refractivity contribution in [3.05, 3.63) is 14.7 Å². The van der Waals surface area contributed by atoms with E-state index in [1.54, 1.807) is 0 Å². The van der Waals surface area contributed by atoms with Crippen LogP contribution in [0.4, 0.5) is 0 Å². The van der Waals surface area contributed by atoms with Gasteiger partial charge in [-0.05, 0) is 34.3 Å². The maximum atomic E-state index is 12.2. The molecule has 4 nitrogen and oxygen atoms in total. The fourth-order valence-electron chi connectivity index (χ4n) is 1.61. The minimum absolute atomic E-state index is 0.0839.